The van der Waals surface area contributed by atoms with E-state index >= 15 is 0 Å². The Kier molecular flexibility index (Phi) is 5.76. The summed E-state index contributed by atoms with van der Waals surface area (Å²) in [6, 6.07) is 14.2. The Hall–Kier alpha value is -3.28. The molecule has 27 heavy (non-hydrogen) atoms. The zero-order valence-corrected chi connectivity index (χ0v) is 15.4. The molecule has 1 heterocycles. The fourth-order valence-corrected chi connectivity index (χ4v) is 2.79. The van der Waals surface area contributed by atoms with Gasteiger partial charge in [-0.3, -0.25) is 9.59 Å². The second-order valence-electron chi connectivity index (χ2n) is 5.97. The molecule has 2 amide bonds. The maximum atomic E-state index is 12.9. The van der Waals surface area contributed by atoms with E-state index in [0.29, 0.717) is 30.2 Å². The fraction of sp³-hybridized carbons (Fsp3) is 0.238. The zero-order chi connectivity index (χ0) is 19.2. The highest BCUT2D eigenvalue weighted by Gasteiger charge is 2.20. The number of hydrogen-bond donors (Lipinski definition) is 1. The number of rotatable bonds is 6. The Morgan fingerprint density at radius 2 is 1.74 bits per heavy atom. The number of carbonyl (C=O) groups is 2. The maximum Gasteiger partial charge on any atom is 0.270 e. The van der Waals surface area contributed by atoms with Crippen LogP contribution in [0.2, 0.25) is 0 Å². The number of nitrogens with zero attached hydrogens (tertiary/aromatic N) is 1. The van der Waals surface area contributed by atoms with Gasteiger partial charge in [-0.05, 0) is 49.8 Å². The van der Waals surface area contributed by atoms with Crippen LogP contribution in [0.15, 0.2) is 54.2 Å². The first kappa shape index (κ1) is 18.5. The Bertz CT molecular complexity index is 858. The second-order valence-corrected chi connectivity index (χ2v) is 5.97. The van der Waals surface area contributed by atoms with Crippen LogP contribution in [0.4, 0.5) is 0 Å². The van der Waals surface area contributed by atoms with Crippen LogP contribution in [-0.2, 0) is 4.79 Å². The van der Waals surface area contributed by atoms with Crippen molar-refractivity contribution in [3.63, 3.8) is 0 Å². The summed E-state index contributed by atoms with van der Waals surface area (Å²) in [5.41, 5.74) is 1.44. The monoisotopic (exact) mass is 366 g/mol. The summed E-state index contributed by atoms with van der Waals surface area (Å²) in [5.74, 6) is 0.718. The number of fused-ring (bicyclic) bond motifs is 1. The largest absolute Gasteiger partial charge is 0.454 e. The van der Waals surface area contributed by atoms with Gasteiger partial charge in [-0.25, -0.2) is 0 Å². The first-order valence-corrected chi connectivity index (χ1v) is 8.89. The third kappa shape index (κ3) is 4.28. The number of hydrogen-bond acceptors (Lipinski definition) is 4. The van der Waals surface area contributed by atoms with E-state index in [0.717, 1.165) is 5.56 Å². The first-order valence-electron chi connectivity index (χ1n) is 8.89. The van der Waals surface area contributed by atoms with Gasteiger partial charge in [0.1, 0.15) is 5.70 Å². The molecule has 0 aromatic heterocycles. The molecule has 0 aliphatic carbocycles. The molecule has 0 saturated carbocycles. The van der Waals surface area contributed by atoms with Crippen LogP contribution in [0.1, 0.15) is 29.8 Å². The summed E-state index contributed by atoms with van der Waals surface area (Å²) >= 11 is 0. The molecule has 0 spiro atoms. The third-order valence-corrected chi connectivity index (χ3v) is 4.27. The van der Waals surface area contributed by atoms with Crippen LogP contribution in [0.3, 0.4) is 0 Å². The molecule has 0 bridgehead atoms. The van der Waals surface area contributed by atoms with Gasteiger partial charge in [-0.15, -0.1) is 0 Å². The number of benzene rings is 2. The van der Waals surface area contributed by atoms with Gasteiger partial charge >= 0.3 is 0 Å². The van der Waals surface area contributed by atoms with Crippen molar-refractivity contribution >= 4 is 17.9 Å². The van der Waals surface area contributed by atoms with Crippen LogP contribution in [-0.4, -0.2) is 36.6 Å². The molecule has 1 N–H and O–H groups in total. The molecule has 0 radical (unpaired) electrons. The van der Waals surface area contributed by atoms with Crippen molar-refractivity contribution in [1.82, 2.24) is 10.2 Å². The standard InChI is InChI=1S/C21H22N2O4/c1-3-23(4-2)21(25)17(22-20(24)16-8-6-5-7-9-16)12-15-10-11-18-19(13-15)27-14-26-18/h5-13H,3-4,14H2,1-2H3,(H,22,24)/b17-12+. The molecule has 2 aromatic rings. The first-order chi connectivity index (χ1) is 13.1. The number of nitrogens with one attached hydrogen (secondary N) is 1. The van der Waals surface area contributed by atoms with Gasteiger partial charge in [-0.1, -0.05) is 24.3 Å². The van der Waals surface area contributed by atoms with Crippen molar-refractivity contribution in [2.24, 2.45) is 0 Å². The summed E-state index contributed by atoms with van der Waals surface area (Å²) in [4.78, 5) is 27.1. The van der Waals surface area contributed by atoms with Gasteiger partial charge < -0.3 is 19.7 Å². The Morgan fingerprint density at radius 3 is 2.44 bits per heavy atom. The van der Waals surface area contributed by atoms with E-state index in [2.05, 4.69) is 5.32 Å². The second kappa shape index (κ2) is 8.40. The lowest BCUT2D eigenvalue weighted by atomic mass is 10.1. The van der Waals surface area contributed by atoms with Gasteiger partial charge in [0.2, 0.25) is 6.79 Å². The normalized spacial score (nSPS) is 12.6. The van der Waals surface area contributed by atoms with Gasteiger partial charge in [0.25, 0.3) is 11.8 Å². The average Bonchev–Trinajstić information content (AvgIpc) is 3.16. The van der Waals surface area contributed by atoms with Crippen molar-refractivity contribution in [2.45, 2.75) is 13.8 Å². The molecule has 6 heteroatoms. The minimum Gasteiger partial charge on any atom is -0.454 e. The van der Waals surface area contributed by atoms with E-state index in [1.807, 2.05) is 26.0 Å². The van der Waals surface area contributed by atoms with E-state index in [-0.39, 0.29) is 24.3 Å². The van der Waals surface area contributed by atoms with Crippen molar-refractivity contribution in [3.05, 3.63) is 65.4 Å². The minimum absolute atomic E-state index is 0.179. The van der Waals surface area contributed by atoms with E-state index in [1.54, 1.807) is 47.4 Å². The van der Waals surface area contributed by atoms with Crippen LogP contribution in [0, 0.1) is 0 Å². The summed E-state index contributed by atoms with van der Waals surface area (Å²) in [5, 5.41) is 2.76. The Morgan fingerprint density at radius 1 is 1.04 bits per heavy atom. The molecule has 140 valence electrons. The highest BCUT2D eigenvalue weighted by atomic mass is 16.7. The molecule has 0 fully saturated rings. The Labute approximate surface area is 158 Å². The predicted octanol–water partition coefficient (Wildman–Crippen LogP) is 3.05. The lowest BCUT2D eigenvalue weighted by Gasteiger charge is -2.21. The quantitative estimate of drug-likeness (QED) is 0.798. The summed E-state index contributed by atoms with van der Waals surface area (Å²) < 4.78 is 10.7. The lowest BCUT2D eigenvalue weighted by molar-refractivity contribution is -0.127. The molecular weight excluding hydrogens is 344 g/mol. The number of ether oxygens (including phenoxy) is 2. The molecule has 0 atom stereocenters. The van der Waals surface area contributed by atoms with Crippen LogP contribution in [0.5, 0.6) is 11.5 Å². The summed E-state index contributed by atoms with van der Waals surface area (Å²) in [7, 11) is 0. The number of carbonyl (C=O) groups excluding carboxylic acids is 2. The fourth-order valence-electron chi connectivity index (χ4n) is 2.79. The molecule has 2 aromatic carbocycles. The van der Waals surface area contributed by atoms with Gasteiger partial charge in [-0.2, -0.15) is 0 Å². The van der Waals surface area contributed by atoms with Gasteiger partial charge in [0.05, 0.1) is 0 Å². The lowest BCUT2D eigenvalue weighted by Crippen LogP contribution is -2.38. The van der Waals surface area contributed by atoms with Crippen LogP contribution in [0.25, 0.3) is 6.08 Å². The zero-order valence-electron chi connectivity index (χ0n) is 15.4. The minimum atomic E-state index is -0.330. The topological polar surface area (TPSA) is 67.9 Å². The smallest absolute Gasteiger partial charge is 0.270 e. The van der Waals surface area contributed by atoms with Gasteiger partial charge in [0, 0.05) is 18.7 Å². The molecular formula is C21H22N2O4. The number of amides is 2. The van der Waals surface area contributed by atoms with E-state index in [9.17, 15) is 9.59 Å². The SMILES string of the molecule is CCN(CC)C(=O)/C(=C\c1ccc2c(c1)OCO2)NC(=O)c1ccccc1. The number of likely N-dealkylation sites (N-methyl/N-ethyl adjacent to an activating group) is 1. The average molecular weight is 366 g/mol. The van der Waals surface area contributed by atoms with E-state index < -0.39 is 0 Å². The maximum absolute atomic E-state index is 12.9. The summed E-state index contributed by atoms with van der Waals surface area (Å²) in [6.45, 7) is 5.08. The van der Waals surface area contributed by atoms with Gasteiger partial charge in [0.15, 0.2) is 11.5 Å². The van der Waals surface area contributed by atoms with Crippen molar-refractivity contribution < 1.29 is 19.1 Å². The molecule has 0 saturated heterocycles. The molecule has 1 aliphatic rings. The van der Waals surface area contributed by atoms with Crippen LogP contribution < -0.4 is 14.8 Å². The van der Waals surface area contributed by atoms with Crippen LogP contribution >= 0.6 is 0 Å². The predicted molar refractivity (Wildman–Crippen MR) is 102 cm³/mol. The Balaban J connectivity index is 1.91. The molecule has 1 aliphatic heterocycles. The molecule has 6 nitrogen and oxygen atoms in total. The highest BCUT2D eigenvalue weighted by Crippen LogP contribution is 2.33. The highest BCUT2D eigenvalue weighted by molar-refractivity contribution is 6.05. The van der Waals surface area contributed by atoms with Crippen molar-refractivity contribution in [1.29, 1.82) is 0 Å². The molecule has 3 rings (SSSR count). The van der Waals surface area contributed by atoms with E-state index in [1.165, 1.54) is 0 Å². The van der Waals surface area contributed by atoms with Crippen molar-refractivity contribution in [2.75, 3.05) is 19.9 Å². The van der Waals surface area contributed by atoms with Crippen molar-refractivity contribution in [3.8, 4) is 11.5 Å². The molecule has 0 unspecified atom stereocenters. The third-order valence-electron chi connectivity index (χ3n) is 4.27. The van der Waals surface area contributed by atoms with E-state index in [4.69, 9.17) is 9.47 Å². The summed E-state index contributed by atoms with van der Waals surface area (Å²) in [6.07, 6.45) is 1.66.